The lowest BCUT2D eigenvalue weighted by atomic mass is 10.1. The average Bonchev–Trinajstić information content (AvgIpc) is 2.84. The van der Waals surface area contributed by atoms with Crippen LogP contribution in [0.1, 0.15) is 23.1 Å². The van der Waals surface area contributed by atoms with Crippen molar-refractivity contribution in [1.82, 2.24) is 0 Å². The van der Waals surface area contributed by atoms with Crippen molar-refractivity contribution in [2.75, 3.05) is 0 Å². The first-order valence-corrected chi connectivity index (χ1v) is 10.6. The normalized spacial score (nSPS) is 11.0. The van der Waals surface area contributed by atoms with Crippen LogP contribution in [0.2, 0.25) is 0 Å². The van der Waals surface area contributed by atoms with E-state index in [1.165, 1.54) is 60.7 Å². The molecule has 0 atom stereocenters. The molecule has 0 spiro atoms. The highest BCUT2D eigenvalue weighted by Crippen LogP contribution is 2.29. The van der Waals surface area contributed by atoms with E-state index in [0.717, 1.165) is 12.2 Å². The lowest BCUT2D eigenvalue weighted by molar-refractivity contribution is -0.137. The monoisotopic (exact) mass is 490 g/mol. The summed E-state index contributed by atoms with van der Waals surface area (Å²) in [7, 11) is 0. The molecule has 0 bridgehead atoms. The predicted molar refractivity (Wildman–Crippen MR) is 130 cm³/mol. The Hall–Kier alpha value is -5.05. The Morgan fingerprint density at radius 3 is 1.83 bits per heavy atom. The molecule has 9 nitrogen and oxygen atoms in total. The number of phenols is 3. The first-order valence-electron chi connectivity index (χ1n) is 10.6. The summed E-state index contributed by atoms with van der Waals surface area (Å²) in [6.45, 7) is 0. The zero-order chi connectivity index (χ0) is 26.1. The van der Waals surface area contributed by atoms with Crippen molar-refractivity contribution >= 4 is 30.1 Å². The Kier molecular flexibility index (Phi) is 8.44. The highest BCUT2D eigenvalue weighted by Gasteiger charge is 2.10. The molecule has 0 aliphatic heterocycles. The Bertz CT molecular complexity index is 1320. The maximum atomic E-state index is 12.2. The van der Waals surface area contributed by atoms with E-state index in [4.69, 9.17) is 14.6 Å². The van der Waals surface area contributed by atoms with Crippen molar-refractivity contribution in [3.63, 3.8) is 0 Å². The molecule has 184 valence electrons. The fraction of sp³-hybridized carbons (Fsp3) is 0.0741. The van der Waals surface area contributed by atoms with Gasteiger partial charge in [0.05, 0.1) is 0 Å². The Morgan fingerprint density at radius 2 is 1.22 bits per heavy atom. The van der Waals surface area contributed by atoms with E-state index in [9.17, 15) is 29.7 Å². The number of aromatic hydroxyl groups is 3. The first-order chi connectivity index (χ1) is 17.2. The molecule has 0 unspecified atom stereocenters. The summed E-state index contributed by atoms with van der Waals surface area (Å²) >= 11 is 0. The van der Waals surface area contributed by atoms with Gasteiger partial charge in [0, 0.05) is 18.6 Å². The Labute approximate surface area is 205 Å². The second-order valence-corrected chi connectivity index (χ2v) is 7.52. The minimum atomic E-state index is -0.975. The van der Waals surface area contributed by atoms with E-state index in [2.05, 4.69) is 0 Å². The molecule has 9 heteroatoms. The molecule has 0 saturated carbocycles. The van der Waals surface area contributed by atoms with Crippen LogP contribution < -0.4 is 9.47 Å². The van der Waals surface area contributed by atoms with E-state index in [0.29, 0.717) is 16.7 Å². The number of aliphatic carboxylic acids is 1. The Balaban J connectivity index is 1.63. The van der Waals surface area contributed by atoms with Crippen LogP contribution >= 0.6 is 0 Å². The number of ether oxygens (including phenoxy) is 2. The number of hydrogen-bond donors (Lipinski definition) is 4. The molecular formula is C27H22O9. The molecule has 0 radical (unpaired) electrons. The van der Waals surface area contributed by atoms with Gasteiger partial charge in [-0.3, -0.25) is 4.79 Å². The van der Waals surface area contributed by atoms with Crippen LogP contribution in [0.4, 0.5) is 0 Å². The third kappa shape index (κ3) is 7.77. The molecule has 4 N–H and O–H groups in total. The lowest BCUT2D eigenvalue weighted by Gasteiger charge is -2.07. The molecule has 0 saturated heterocycles. The van der Waals surface area contributed by atoms with Crippen molar-refractivity contribution < 1.29 is 44.3 Å². The summed E-state index contributed by atoms with van der Waals surface area (Å²) in [6.07, 6.45) is 5.16. The highest BCUT2D eigenvalue weighted by atomic mass is 16.5. The van der Waals surface area contributed by atoms with Gasteiger partial charge in [-0.05, 0) is 71.7 Å². The molecule has 0 fully saturated rings. The lowest BCUT2D eigenvalue weighted by Crippen LogP contribution is -2.05. The smallest absolute Gasteiger partial charge is 0.336 e. The third-order valence-electron chi connectivity index (χ3n) is 4.77. The molecule has 0 aliphatic carbocycles. The highest BCUT2D eigenvalue weighted by molar-refractivity contribution is 5.90. The predicted octanol–water partition coefficient (Wildman–Crippen LogP) is 4.06. The number of esters is 2. The van der Waals surface area contributed by atoms with Crippen molar-refractivity contribution in [3.05, 3.63) is 89.5 Å². The van der Waals surface area contributed by atoms with Gasteiger partial charge in [0.1, 0.15) is 5.75 Å². The van der Waals surface area contributed by atoms with E-state index in [1.54, 1.807) is 12.1 Å². The van der Waals surface area contributed by atoms with E-state index in [-0.39, 0.29) is 41.6 Å². The van der Waals surface area contributed by atoms with Gasteiger partial charge >= 0.3 is 17.9 Å². The van der Waals surface area contributed by atoms with Gasteiger partial charge in [-0.15, -0.1) is 0 Å². The number of hydrogen-bond acceptors (Lipinski definition) is 8. The molecule has 3 rings (SSSR count). The van der Waals surface area contributed by atoms with Crippen LogP contribution in [0.5, 0.6) is 28.7 Å². The average molecular weight is 490 g/mol. The van der Waals surface area contributed by atoms with E-state index >= 15 is 0 Å². The summed E-state index contributed by atoms with van der Waals surface area (Å²) in [5, 5.41) is 38.0. The van der Waals surface area contributed by atoms with Crippen molar-refractivity contribution in [2.24, 2.45) is 0 Å². The van der Waals surface area contributed by atoms with Crippen LogP contribution in [0.25, 0.3) is 12.2 Å². The molecule has 36 heavy (non-hydrogen) atoms. The number of carbonyl (C=O) groups is 3. The van der Waals surface area contributed by atoms with Crippen LogP contribution in [0.15, 0.2) is 72.8 Å². The molecule has 3 aromatic carbocycles. The fourth-order valence-electron chi connectivity index (χ4n) is 2.96. The Morgan fingerprint density at radius 1 is 0.694 bits per heavy atom. The van der Waals surface area contributed by atoms with Gasteiger partial charge in [0.2, 0.25) is 0 Å². The van der Waals surface area contributed by atoms with Crippen molar-refractivity contribution in [3.8, 4) is 28.7 Å². The van der Waals surface area contributed by atoms with Crippen molar-refractivity contribution in [2.45, 2.75) is 12.8 Å². The SMILES string of the molecule is O=C(O)CCc1ccc(O)c(OC(=O)C=Cc2ccc(O)c(OC(=O)C=Cc3ccc(O)cc3)c2)c1. The second kappa shape index (κ2) is 11.9. The first kappa shape index (κ1) is 25.6. The summed E-state index contributed by atoms with van der Waals surface area (Å²) in [4.78, 5) is 35.1. The summed E-state index contributed by atoms with van der Waals surface area (Å²) in [5.74, 6) is -3.27. The summed E-state index contributed by atoms with van der Waals surface area (Å²) in [6, 6.07) is 14.5. The fourth-order valence-corrected chi connectivity index (χ4v) is 2.96. The zero-order valence-electron chi connectivity index (χ0n) is 18.8. The number of carboxylic acids is 1. The molecule has 0 aliphatic rings. The zero-order valence-corrected chi connectivity index (χ0v) is 18.8. The van der Waals surface area contributed by atoms with Gasteiger partial charge in [-0.2, -0.15) is 0 Å². The minimum absolute atomic E-state index is 0.0921. The summed E-state index contributed by atoms with van der Waals surface area (Å²) in [5.41, 5.74) is 1.64. The minimum Gasteiger partial charge on any atom is -0.508 e. The van der Waals surface area contributed by atoms with Gasteiger partial charge in [-0.25, -0.2) is 9.59 Å². The maximum absolute atomic E-state index is 12.2. The molecule has 0 heterocycles. The maximum Gasteiger partial charge on any atom is 0.336 e. The quantitative estimate of drug-likeness (QED) is 0.198. The third-order valence-corrected chi connectivity index (χ3v) is 4.77. The summed E-state index contributed by atoms with van der Waals surface area (Å²) < 4.78 is 10.3. The van der Waals surface area contributed by atoms with Crippen LogP contribution in [0.3, 0.4) is 0 Å². The number of carbonyl (C=O) groups excluding carboxylic acids is 2. The number of aryl methyl sites for hydroxylation is 1. The van der Waals surface area contributed by atoms with Crippen LogP contribution in [-0.2, 0) is 20.8 Å². The molecule has 3 aromatic rings. The standard InChI is InChI=1S/C27H22O9/c28-20-8-1-17(2-9-20)6-13-26(33)35-24-16-19(4-11-22(24)30)7-14-27(34)36-23-15-18(3-10-21(23)29)5-12-25(31)32/h1-4,6-11,13-16,28-30H,5,12H2,(H,31,32). The van der Waals surface area contributed by atoms with Gasteiger partial charge in [0.15, 0.2) is 23.0 Å². The van der Waals surface area contributed by atoms with Gasteiger partial charge < -0.3 is 29.9 Å². The molecule has 0 amide bonds. The van der Waals surface area contributed by atoms with Crippen molar-refractivity contribution in [1.29, 1.82) is 0 Å². The second-order valence-electron chi connectivity index (χ2n) is 7.52. The van der Waals surface area contributed by atoms with E-state index in [1.807, 2.05) is 0 Å². The topological polar surface area (TPSA) is 151 Å². The molecular weight excluding hydrogens is 468 g/mol. The number of phenolic OH excluding ortho intramolecular Hbond substituents is 3. The van der Waals surface area contributed by atoms with Crippen LogP contribution in [-0.4, -0.2) is 38.3 Å². The van der Waals surface area contributed by atoms with Gasteiger partial charge in [-0.1, -0.05) is 24.3 Å². The number of benzene rings is 3. The largest absolute Gasteiger partial charge is 0.508 e. The van der Waals surface area contributed by atoms with Crippen LogP contribution in [0, 0.1) is 0 Å². The van der Waals surface area contributed by atoms with E-state index < -0.39 is 17.9 Å². The van der Waals surface area contributed by atoms with Gasteiger partial charge in [0.25, 0.3) is 0 Å². The number of carboxylic acid groups (broad SMARTS) is 1. The molecule has 0 aromatic heterocycles. The number of rotatable bonds is 9.